The van der Waals surface area contributed by atoms with E-state index in [2.05, 4.69) is 16.0 Å². The Kier molecular flexibility index (Phi) is 9.88. The first-order valence-corrected chi connectivity index (χ1v) is 16.0. The van der Waals surface area contributed by atoms with E-state index in [0.29, 0.717) is 32.2 Å². The SMILES string of the molecule is CC(=O)N1CC[C@@H](c2ccc(O)cc2)C1C(=O)N[C@H]1CSSC[C@@H](C(=O)O)NC(=O)C2(CCCC2)CCNC1=O. The molecule has 218 valence electrons. The number of carboxylic acids is 1. The van der Waals surface area contributed by atoms with E-state index in [4.69, 9.17) is 0 Å². The number of rotatable bonds is 4. The zero-order valence-corrected chi connectivity index (χ0v) is 24.0. The molecular weight excluding hydrogens is 556 g/mol. The normalized spacial score (nSPS) is 27.6. The lowest BCUT2D eigenvalue weighted by atomic mass is 9.81. The maximum atomic E-state index is 13.7. The van der Waals surface area contributed by atoms with Crippen molar-refractivity contribution < 1.29 is 34.2 Å². The van der Waals surface area contributed by atoms with Crippen molar-refractivity contribution in [3.63, 3.8) is 0 Å². The molecule has 40 heavy (non-hydrogen) atoms. The van der Waals surface area contributed by atoms with Crippen molar-refractivity contribution in [2.45, 2.75) is 69.5 Å². The van der Waals surface area contributed by atoms with Crippen LogP contribution in [0.15, 0.2) is 24.3 Å². The van der Waals surface area contributed by atoms with Gasteiger partial charge in [0.05, 0.1) is 5.41 Å². The van der Waals surface area contributed by atoms with Crippen LogP contribution in [0.4, 0.5) is 0 Å². The van der Waals surface area contributed by atoms with Crippen molar-refractivity contribution in [1.29, 1.82) is 0 Å². The van der Waals surface area contributed by atoms with E-state index in [9.17, 15) is 34.2 Å². The van der Waals surface area contributed by atoms with Crippen LogP contribution in [0.5, 0.6) is 5.75 Å². The fourth-order valence-electron chi connectivity index (χ4n) is 5.89. The summed E-state index contributed by atoms with van der Waals surface area (Å²) in [5, 5.41) is 27.8. The first-order valence-electron chi connectivity index (χ1n) is 13.5. The van der Waals surface area contributed by atoms with Gasteiger partial charge < -0.3 is 31.1 Å². The molecule has 1 saturated carbocycles. The van der Waals surface area contributed by atoms with E-state index >= 15 is 0 Å². The van der Waals surface area contributed by atoms with Gasteiger partial charge in [0, 0.05) is 37.4 Å². The second kappa shape index (κ2) is 13.2. The lowest BCUT2D eigenvalue weighted by Crippen LogP contribution is -2.55. The first kappa shape index (κ1) is 30.0. The van der Waals surface area contributed by atoms with Crippen LogP contribution in [-0.2, 0) is 24.0 Å². The highest BCUT2D eigenvalue weighted by Gasteiger charge is 2.44. The van der Waals surface area contributed by atoms with Gasteiger partial charge in [-0.25, -0.2) is 4.79 Å². The van der Waals surface area contributed by atoms with Crippen LogP contribution >= 0.6 is 21.6 Å². The quantitative estimate of drug-likeness (QED) is 0.327. The number of nitrogens with zero attached hydrogens (tertiary/aromatic N) is 1. The summed E-state index contributed by atoms with van der Waals surface area (Å²) < 4.78 is 0. The van der Waals surface area contributed by atoms with E-state index in [1.165, 1.54) is 33.4 Å². The van der Waals surface area contributed by atoms with Crippen LogP contribution in [-0.4, -0.2) is 87.4 Å². The first-order chi connectivity index (χ1) is 19.1. The van der Waals surface area contributed by atoms with Crippen LogP contribution < -0.4 is 16.0 Å². The number of nitrogens with one attached hydrogen (secondary N) is 3. The third-order valence-corrected chi connectivity index (χ3v) is 10.5. The van der Waals surface area contributed by atoms with Crippen LogP contribution in [0.1, 0.15) is 56.9 Å². The fourth-order valence-corrected chi connectivity index (χ4v) is 8.21. The minimum Gasteiger partial charge on any atom is -0.508 e. The highest BCUT2D eigenvalue weighted by atomic mass is 33.1. The van der Waals surface area contributed by atoms with E-state index in [1.54, 1.807) is 24.3 Å². The number of likely N-dealkylation sites (tertiary alicyclic amines) is 1. The van der Waals surface area contributed by atoms with Crippen molar-refractivity contribution in [3.8, 4) is 5.75 Å². The van der Waals surface area contributed by atoms with Crippen LogP contribution in [0.2, 0.25) is 0 Å². The number of amides is 4. The number of aromatic hydroxyl groups is 1. The van der Waals surface area contributed by atoms with E-state index in [0.717, 1.165) is 18.4 Å². The number of carbonyl (C=O) groups is 5. The van der Waals surface area contributed by atoms with Crippen LogP contribution in [0.3, 0.4) is 0 Å². The number of benzene rings is 1. The average Bonchev–Trinajstić information content (AvgIpc) is 3.58. The summed E-state index contributed by atoms with van der Waals surface area (Å²) in [5.74, 6) is -2.42. The number of phenolic OH excluding ortho intramolecular Hbond substituents is 1. The minimum absolute atomic E-state index is 0.0998. The molecule has 1 aromatic carbocycles. The van der Waals surface area contributed by atoms with Gasteiger partial charge in [-0.05, 0) is 43.4 Å². The third kappa shape index (κ3) is 6.85. The summed E-state index contributed by atoms with van der Waals surface area (Å²) in [6, 6.07) is 3.74. The minimum atomic E-state index is -1.12. The largest absolute Gasteiger partial charge is 0.508 e. The molecule has 2 saturated heterocycles. The summed E-state index contributed by atoms with van der Waals surface area (Å²) in [6.07, 6.45) is 3.91. The summed E-state index contributed by atoms with van der Waals surface area (Å²) in [7, 11) is 2.46. The highest BCUT2D eigenvalue weighted by molar-refractivity contribution is 8.76. The molecule has 13 heteroatoms. The molecule has 1 unspecified atom stereocenters. The lowest BCUT2D eigenvalue weighted by Gasteiger charge is -2.30. The van der Waals surface area contributed by atoms with Crippen molar-refractivity contribution in [2.75, 3.05) is 24.6 Å². The highest BCUT2D eigenvalue weighted by Crippen LogP contribution is 2.41. The average molecular weight is 593 g/mol. The number of hydrogen-bond acceptors (Lipinski definition) is 8. The van der Waals surface area contributed by atoms with E-state index in [1.807, 2.05) is 0 Å². The molecular formula is C27H36N4O7S2. The molecule has 1 aromatic rings. The van der Waals surface area contributed by atoms with Gasteiger partial charge in [-0.2, -0.15) is 0 Å². The molecule has 1 aliphatic carbocycles. The van der Waals surface area contributed by atoms with Gasteiger partial charge in [0.2, 0.25) is 23.6 Å². The molecule has 0 radical (unpaired) electrons. The van der Waals surface area contributed by atoms with Crippen LogP contribution in [0.25, 0.3) is 0 Å². The maximum Gasteiger partial charge on any atom is 0.327 e. The Labute approximate surface area is 241 Å². The second-order valence-corrected chi connectivity index (χ2v) is 13.2. The van der Waals surface area contributed by atoms with Crippen molar-refractivity contribution in [2.24, 2.45) is 5.41 Å². The summed E-state index contributed by atoms with van der Waals surface area (Å²) in [4.78, 5) is 65.8. The summed E-state index contributed by atoms with van der Waals surface area (Å²) in [5.41, 5.74) is 0.0826. The Hall–Kier alpha value is -2.93. The van der Waals surface area contributed by atoms with Gasteiger partial charge in [0.1, 0.15) is 23.9 Å². The molecule has 11 nitrogen and oxygen atoms in total. The molecule has 3 aliphatic rings. The Morgan fingerprint density at radius 1 is 1.05 bits per heavy atom. The van der Waals surface area contributed by atoms with Crippen molar-refractivity contribution >= 4 is 51.2 Å². The van der Waals surface area contributed by atoms with E-state index < -0.39 is 41.3 Å². The topological polar surface area (TPSA) is 165 Å². The zero-order chi connectivity index (χ0) is 28.9. The number of hydrogen-bond donors (Lipinski definition) is 5. The molecule has 3 fully saturated rings. The molecule has 2 heterocycles. The Morgan fingerprint density at radius 3 is 2.38 bits per heavy atom. The molecule has 4 atom stereocenters. The monoisotopic (exact) mass is 592 g/mol. The van der Waals surface area contributed by atoms with Gasteiger partial charge in [-0.15, -0.1) is 0 Å². The molecule has 0 bridgehead atoms. The number of aliphatic carboxylic acids is 1. The number of phenols is 1. The molecule has 5 N–H and O–H groups in total. The lowest BCUT2D eigenvalue weighted by molar-refractivity contribution is -0.143. The summed E-state index contributed by atoms with van der Waals surface area (Å²) in [6.45, 7) is 2.01. The van der Waals surface area contributed by atoms with E-state index in [-0.39, 0.29) is 41.5 Å². The third-order valence-electron chi connectivity index (χ3n) is 8.13. The number of carboxylic acid groups (broad SMARTS) is 1. The Morgan fingerprint density at radius 2 is 1.73 bits per heavy atom. The second-order valence-electron chi connectivity index (χ2n) is 10.7. The predicted molar refractivity (Wildman–Crippen MR) is 152 cm³/mol. The van der Waals surface area contributed by atoms with Gasteiger partial charge >= 0.3 is 5.97 Å². The van der Waals surface area contributed by atoms with Gasteiger partial charge in [-0.1, -0.05) is 46.6 Å². The summed E-state index contributed by atoms with van der Waals surface area (Å²) >= 11 is 0. The van der Waals surface area contributed by atoms with Gasteiger partial charge in [0.15, 0.2) is 0 Å². The number of carbonyl (C=O) groups excluding carboxylic acids is 4. The van der Waals surface area contributed by atoms with Crippen molar-refractivity contribution in [1.82, 2.24) is 20.9 Å². The maximum absolute atomic E-state index is 13.7. The Balaban J connectivity index is 1.52. The van der Waals surface area contributed by atoms with Gasteiger partial charge in [0.25, 0.3) is 0 Å². The predicted octanol–water partition coefficient (Wildman–Crippen LogP) is 1.61. The molecule has 0 aromatic heterocycles. The molecule has 2 aliphatic heterocycles. The van der Waals surface area contributed by atoms with Gasteiger partial charge in [-0.3, -0.25) is 19.2 Å². The Bertz CT molecular complexity index is 1130. The van der Waals surface area contributed by atoms with Crippen molar-refractivity contribution in [3.05, 3.63) is 29.8 Å². The molecule has 1 spiro atoms. The zero-order valence-electron chi connectivity index (χ0n) is 22.4. The standard InChI is InChI=1S/C27H36N4O7S2/c1-16(32)31-13-8-19(17-4-6-18(33)7-5-17)22(31)24(35)29-20-14-39-40-15-21(25(36)37)30-26(38)27(9-2-3-10-27)11-12-28-23(20)34/h4-7,19-22,33H,2-3,8-15H2,1H3,(H,28,34)(H,29,35)(H,30,38)(H,36,37)/t19-,20-,21-,22?/m0/s1. The molecule has 4 rings (SSSR count). The fraction of sp³-hybridized carbons (Fsp3) is 0.593. The smallest absolute Gasteiger partial charge is 0.327 e. The van der Waals surface area contributed by atoms with Crippen LogP contribution in [0, 0.1) is 5.41 Å². The molecule has 4 amide bonds.